The van der Waals surface area contributed by atoms with Gasteiger partial charge in [0, 0.05) is 36.1 Å². The summed E-state index contributed by atoms with van der Waals surface area (Å²) in [5, 5.41) is 6.89. The molecular weight excluding hydrogens is 368 g/mol. The fourth-order valence-electron chi connectivity index (χ4n) is 2.91. The average molecular weight is 388 g/mol. The lowest BCUT2D eigenvalue weighted by Crippen LogP contribution is -2.22. The average Bonchev–Trinajstić information content (AvgIpc) is 3.45. The molecule has 7 nitrogen and oxygen atoms in total. The van der Waals surface area contributed by atoms with E-state index in [0.29, 0.717) is 17.0 Å². The van der Waals surface area contributed by atoms with Crippen LogP contribution in [-0.4, -0.2) is 27.7 Å². The number of amides is 1. The summed E-state index contributed by atoms with van der Waals surface area (Å²) in [6.45, 7) is 1.00. The van der Waals surface area contributed by atoms with E-state index < -0.39 is 0 Å². The van der Waals surface area contributed by atoms with Gasteiger partial charge in [-0.3, -0.25) is 4.79 Å². The third kappa shape index (κ3) is 4.52. The molecule has 1 amide bonds. The van der Waals surface area contributed by atoms with Crippen LogP contribution in [0.25, 0.3) is 11.3 Å². The number of benzene rings is 2. The van der Waals surface area contributed by atoms with E-state index in [1.807, 2.05) is 65.4 Å². The van der Waals surface area contributed by atoms with Gasteiger partial charge in [0.1, 0.15) is 11.4 Å². The van der Waals surface area contributed by atoms with Gasteiger partial charge in [-0.25, -0.2) is 4.98 Å². The second-order valence-electron chi connectivity index (χ2n) is 6.53. The summed E-state index contributed by atoms with van der Waals surface area (Å²) in [5.74, 6) is 1.26. The van der Waals surface area contributed by atoms with Crippen LogP contribution in [0.5, 0.6) is 5.75 Å². The highest BCUT2D eigenvalue weighted by molar-refractivity contribution is 5.94. The van der Waals surface area contributed by atoms with Crippen LogP contribution < -0.4 is 10.1 Å². The van der Waals surface area contributed by atoms with Gasteiger partial charge in [-0.1, -0.05) is 17.3 Å². The van der Waals surface area contributed by atoms with Crippen molar-refractivity contribution in [3.05, 3.63) is 90.1 Å². The van der Waals surface area contributed by atoms with Crippen LogP contribution in [0.15, 0.2) is 77.8 Å². The molecule has 2 heterocycles. The molecule has 0 aliphatic heterocycles. The first-order valence-electron chi connectivity index (χ1n) is 9.14. The van der Waals surface area contributed by atoms with Gasteiger partial charge in [-0.15, -0.1) is 0 Å². The lowest BCUT2D eigenvalue weighted by molar-refractivity contribution is 0.0950. The maximum absolute atomic E-state index is 12.4. The smallest absolute Gasteiger partial charge is 0.251 e. The zero-order valence-corrected chi connectivity index (χ0v) is 15.9. The first kappa shape index (κ1) is 18.5. The highest BCUT2D eigenvalue weighted by Crippen LogP contribution is 2.23. The summed E-state index contributed by atoms with van der Waals surface area (Å²) in [7, 11) is 1.62. The van der Waals surface area contributed by atoms with Crippen molar-refractivity contribution in [2.75, 3.05) is 7.11 Å². The van der Waals surface area contributed by atoms with E-state index in [1.165, 1.54) is 0 Å². The van der Waals surface area contributed by atoms with Crippen LogP contribution in [0.3, 0.4) is 0 Å². The maximum atomic E-state index is 12.4. The summed E-state index contributed by atoms with van der Waals surface area (Å²) in [4.78, 5) is 16.4. The summed E-state index contributed by atoms with van der Waals surface area (Å²) < 4.78 is 12.5. The van der Waals surface area contributed by atoms with Crippen LogP contribution in [0.4, 0.5) is 0 Å². The Morgan fingerprint density at radius 2 is 1.93 bits per heavy atom. The van der Waals surface area contributed by atoms with E-state index in [1.54, 1.807) is 19.6 Å². The van der Waals surface area contributed by atoms with Gasteiger partial charge in [0.25, 0.3) is 5.91 Å². The molecule has 0 saturated carbocycles. The number of methoxy groups -OCH3 is 1. The molecular formula is C22H20N4O3. The lowest BCUT2D eigenvalue weighted by Gasteiger charge is -2.05. The van der Waals surface area contributed by atoms with Crippen molar-refractivity contribution in [3.63, 3.8) is 0 Å². The molecule has 0 radical (unpaired) electrons. The van der Waals surface area contributed by atoms with Crippen LogP contribution in [0, 0.1) is 0 Å². The molecule has 0 unspecified atom stereocenters. The Hall–Kier alpha value is -3.87. The van der Waals surface area contributed by atoms with Gasteiger partial charge < -0.3 is 19.1 Å². The lowest BCUT2D eigenvalue weighted by atomic mass is 10.1. The topological polar surface area (TPSA) is 82.2 Å². The van der Waals surface area contributed by atoms with Crippen molar-refractivity contribution in [3.8, 4) is 17.1 Å². The standard InChI is InChI=1S/C22H20N4O3/c1-28-20-8-6-17(7-9-20)21-12-19(25-29-21)13-24-22(27)18-4-2-16(3-5-18)14-26-11-10-23-15-26/h2-12,15H,13-14H2,1H3,(H,24,27). The number of ether oxygens (including phenoxy) is 1. The van der Waals surface area contributed by atoms with Crippen molar-refractivity contribution >= 4 is 5.91 Å². The van der Waals surface area contributed by atoms with Crippen molar-refractivity contribution < 1.29 is 14.1 Å². The number of carbonyl (C=O) groups excluding carboxylic acids is 1. The molecule has 2 aromatic carbocycles. The first-order valence-corrected chi connectivity index (χ1v) is 9.14. The molecule has 0 atom stereocenters. The Morgan fingerprint density at radius 3 is 2.62 bits per heavy atom. The molecule has 7 heteroatoms. The van der Waals surface area contributed by atoms with Gasteiger partial charge in [0.05, 0.1) is 20.0 Å². The predicted molar refractivity (Wildman–Crippen MR) is 107 cm³/mol. The third-order valence-corrected chi connectivity index (χ3v) is 4.50. The number of nitrogens with one attached hydrogen (secondary N) is 1. The number of nitrogens with zero attached hydrogens (tertiary/aromatic N) is 3. The minimum Gasteiger partial charge on any atom is -0.497 e. The SMILES string of the molecule is COc1ccc(-c2cc(CNC(=O)c3ccc(Cn4ccnc4)cc3)no2)cc1. The maximum Gasteiger partial charge on any atom is 0.251 e. The minimum atomic E-state index is -0.159. The molecule has 1 N–H and O–H groups in total. The van der Waals surface area contributed by atoms with E-state index in [0.717, 1.165) is 23.4 Å². The van der Waals surface area contributed by atoms with Crippen molar-refractivity contribution in [2.24, 2.45) is 0 Å². The summed E-state index contributed by atoms with van der Waals surface area (Å²) in [6.07, 6.45) is 5.41. The highest BCUT2D eigenvalue weighted by atomic mass is 16.5. The summed E-state index contributed by atoms with van der Waals surface area (Å²) >= 11 is 0. The Kier molecular flexibility index (Phi) is 5.38. The second-order valence-corrected chi connectivity index (χ2v) is 6.53. The quantitative estimate of drug-likeness (QED) is 0.524. The number of hydrogen-bond donors (Lipinski definition) is 1. The van der Waals surface area contributed by atoms with E-state index in [4.69, 9.17) is 9.26 Å². The van der Waals surface area contributed by atoms with Gasteiger partial charge in [0.2, 0.25) is 0 Å². The Morgan fingerprint density at radius 1 is 1.14 bits per heavy atom. The van der Waals surface area contributed by atoms with E-state index in [9.17, 15) is 4.79 Å². The number of hydrogen-bond acceptors (Lipinski definition) is 5. The number of imidazole rings is 1. The number of rotatable bonds is 7. The van der Waals surface area contributed by atoms with Crippen LogP contribution in [-0.2, 0) is 13.1 Å². The zero-order chi connectivity index (χ0) is 20.1. The first-order chi connectivity index (χ1) is 14.2. The van der Waals surface area contributed by atoms with Gasteiger partial charge >= 0.3 is 0 Å². The van der Waals surface area contributed by atoms with E-state index >= 15 is 0 Å². The number of aromatic nitrogens is 3. The van der Waals surface area contributed by atoms with Gasteiger partial charge in [-0.2, -0.15) is 0 Å². The Bertz CT molecular complexity index is 1070. The molecule has 146 valence electrons. The van der Waals surface area contributed by atoms with Gasteiger partial charge in [-0.05, 0) is 42.0 Å². The fraction of sp³-hybridized carbons (Fsp3) is 0.136. The molecule has 0 bridgehead atoms. The molecule has 0 fully saturated rings. The van der Waals surface area contributed by atoms with E-state index in [-0.39, 0.29) is 12.5 Å². The largest absolute Gasteiger partial charge is 0.497 e. The molecule has 2 aromatic heterocycles. The summed E-state index contributed by atoms with van der Waals surface area (Å²) in [5.41, 5.74) is 3.24. The number of carbonyl (C=O) groups is 1. The molecule has 0 aliphatic rings. The normalized spacial score (nSPS) is 10.7. The van der Waals surface area contributed by atoms with Crippen LogP contribution >= 0.6 is 0 Å². The second kappa shape index (κ2) is 8.43. The zero-order valence-electron chi connectivity index (χ0n) is 15.9. The Labute approximate surface area is 167 Å². The van der Waals surface area contributed by atoms with Crippen molar-refractivity contribution in [1.82, 2.24) is 20.0 Å². The third-order valence-electron chi connectivity index (χ3n) is 4.50. The molecule has 0 spiro atoms. The predicted octanol–water partition coefficient (Wildman–Crippen LogP) is 3.53. The molecule has 0 saturated heterocycles. The fourth-order valence-corrected chi connectivity index (χ4v) is 2.91. The molecule has 29 heavy (non-hydrogen) atoms. The van der Waals surface area contributed by atoms with Crippen LogP contribution in [0.1, 0.15) is 21.6 Å². The summed E-state index contributed by atoms with van der Waals surface area (Å²) in [6, 6.07) is 16.8. The van der Waals surface area contributed by atoms with Gasteiger partial charge in [0.15, 0.2) is 5.76 Å². The minimum absolute atomic E-state index is 0.159. The molecule has 4 rings (SSSR count). The van der Waals surface area contributed by atoms with Crippen molar-refractivity contribution in [1.29, 1.82) is 0 Å². The van der Waals surface area contributed by atoms with Crippen LogP contribution in [0.2, 0.25) is 0 Å². The monoisotopic (exact) mass is 388 g/mol. The highest BCUT2D eigenvalue weighted by Gasteiger charge is 2.10. The molecule has 0 aliphatic carbocycles. The van der Waals surface area contributed by atoms with Crippen molar-refractivity contribution in [2.45, 2.75) is 13.1 Å². The van der Waals surface area contributed by atoms with E-state index in [2.05, 4.69) is 15.5 Å². The molecule has 4 aromatic rings. The Balaban J connectivity index is 1.34.